The average molecular weight is 463 g/mol. The van der Waals surface area contributed by atoms with Crippen molar-refractivity contribution in [3.8, 4) is 6.07 Å². The van der Waals surface area contributed by atoms with E-state index >= 15 is 0 Å². The number of nitrogens with zero attached hydrogens (tertiary/aromatic N) is 6. The van der Waals surface area contributed by atoms with E-state index in [0.717, 1.165) is 54.8 Å². The molecular formula is C27H26N8. The van der Waals surface area contributed by atoms with E-state index in [1.54, 1.807) is 0 Å². The third-order valence-corrected chi connectivity index (χ3v) is 5.88. The van der Waals surface area contributed by atoms with Gasteiger partial charge in [0, 0.05) is 49.7 Å². The lowest BCUT2D eigenvalue weighted by Crippen LogP contribution is -2.46. The summed E-state index contributed by atoms with van der Waals surface area (Å²) >= 11 is 0. The summed E-state index contributed by atoms with van der Waals surface area (Å²) in [5.74, 6) is 2.93. The quantitative estimate of drug-likeness (QED) is 0.431. The Bertz CT molecular complexity index is 1340. The van der Waals surface area contributed by atoms with Crippen LogP contribution in [0.1, 0.15) is 22.6 Å². The van der Waals surface area contributed by atoms with Crippen LogP contribution in [0, 0.1) is 18.3 Å². The molecular weight excluding hydrogens is 436 g/mol. The Kier molecular flexibility index (Phi) is 6.39. The van der Waals surface area contributed by atoms with Crippen LogP contribution in [-0.2, 0) is 0 Å². The number of H-pyrrole nitrogens is 1. The Labute approximate surface area is 204 Å². The minimum absolute atomic E-state index is 0.635. The maximum Gasteiger partial charge on any atom is 0.156 e. The van der Waals surface area contributed by atoms with Crippen molar-refractivity contribution < 1.29 is 0 Å². The highest BCUT2D eigenvalue weighted by molar-refractivity contribution is 5.69. The number of nitrogens with one attached hydrogen (secondary N) is 2. The monoisotopic (exact) mass is 462 g/mol. The van der Waals surface area contributed by atoms with Crippen LogP contribution in [0.15, 0.2) is 66.7 Å². The zero-order chi connectivity index (χ0) is 24.0. The normalized spacial score (nSPS) is 13.7. The number of rotatable bonds is 6. The molecule has 0 spiro atoms. The fraction of sp³-hybridized carbons (Fsp3) is 0.185. The first-order valence-electron chi connectivity index (χ1n) is 11.6. The Morgan fingerprint density at radius 2 is 1.63 bits per heavy atom. The molecule has 0 aliphatic carbocycles. The zero-order valence-corrected chi connectivity index (χ0v) is 19.5. The molecule has 8 heteroatoms. The van der Waals surface area contributed by atoms with Gasteiger partial charge in [-0.1, -0.05) is 36.4 Å². The summed E-state index contributed by atoms with van der Waals surface area (Å²) in [7, 11) is 0. The van der Waals surface area contributed by atoms with Crippen molar-refractivity contribution in [2.45, 2.75) is 6.92 Å². The molecule has 1 aliphatic rings. The van der Waals surface area contributed by atoms with Gasteiger partial charge in [0.2, 0.25) is 0 Å². The van der Waals surface area contributed by atoms with Crippen molar-refractivity contribution in [1.82, 2.24) is 20.2 Å². The summed E-state index contributed by atoms with van der Waals surface area (Å²) in [6, 6.07) is 24.0. The van der Waals surface area contributed by atoms with Crippen molar-refractivity contribution in [2.24, 2.45) is 0 Å². The Balaban J connectivity index is 1.36. The van der Waals surface area contributed by atoms with Gasteiger partial charge >= 0.3 is 0 Å². The molecule has 0 unspecified atom stereocenters. The minimum Gasteiger partial charge on any atom is -0.368 e. The van der Waals surface area contributed by atoms with E-state index in [-0.39, 0.29) is 0 Å². The third-order valence-electron chi connectivity index (χ3n) is 5.88. The minimum atomic E-state index is 0.635. The average Bonchev–Trinajstić information content (AvgIpc) is 3.32. The van der Waals surface area contributed by atoms with Gasteiger partial charge in [-0.2, -0.15) is 10.4 Å². The molecule has 0 bridgehead atoms. The van der Waals surface area contributed by atoms with E-state index in [0.29, 0.717) is 17.2 Å². The van der Waals surface area contributed by atoms with Crippen LogP contribution in [0.5, 0.6) is 0 Å². The topological polar surface area (TPSA) is 96.8 Å². The number of piperazine rings is 1. The van der Waals surface area contributed by atoms with Crippen LogP contribution in [0.4, 0.5) is 23.1 Å². The van der Waals surface area contributed by atoms with Crippen LogP contribution in [-0.4, -0.2) is 46.3 Å². The molecule has 1 saturated heterocycles. The lowest BCUT2D eigenvalue weighted by Gasteiger charge is -2.36. The van der Waals surface area contributed by atoms with Crippen LogP contribution < -0.4 is 15.1 Å². The van der Waals surface area contributed by atoms with Crippen molar-refractivity contribution >= 4 is 35.3 Å². The molecule has 0 radical (unpaired) electrons. The molecule has 2 N–H and O–H groups in total. The fourth-order valence-corrected chi connectivity index (χ4v) is 4.04. The summed E-state index contributed by atoms with van der Waals surface area (Å²) < 4.78 is 0. The van der Waals surface area contributed by atoms with E-state index in [4.69, 9.17) is 15.2 Å². The first kappa shape index (κ1) is 22.2. The first-order chi connectivity index (χ1) is 17.2. The van der Waals surface area contributed by atoms with Gasteiger partial charge in [0.05, 0.1) is 11.6 Å². The van der Waals surface area contributed by atoms with Gasteiger partial charge in [-0.15, -0.1) is 0 Å². The number of aryl methyl sites for hydroxylation is 1. The van der Waals surface area contributed by atoms with Gasteiger partial charge in [0.25, 0.3) is 0 Å². The van der Waals surface area contributed by atoms with Gasteiger partial charge in [-0.05, 0) is 42.8 Å². The molecule has 1 fully saturated rings. The smallest absolute Gasteiger partial charge is 0.156 e. The predicted molar refractivity (Wildman–Crippen MR) is 140 cm³/mol. The molecule has 8 nitrogen and oxygen atoms in total. The number of nitriles is 1. The maximum absolute atomic E-state index is 9.04. The highest BCUT2D eigenvalue weighted by atomic mass is 15.3. The van der Waals surface area contributed by atoms with Gasteiger partial charge in [0.15, 0.2) is 11.6 Å². The summed E-state index contributed by atoms with van der Waals surface area (Å²) in [5, 5.41) is 19.6. The van der Waals surface area contributed by atoms with Crippen molar-refractivity contribution in [3.63, 3.8) is 0 Å². The number of aromatic nitrogens is 4. The SMILES string of the molecule is Cc1cc(Nc2cc(N3CCN(c4ccc(C#N)cc4)CC3)nc(/C=C/c3ccccc3)n2)n[nH]1. The molecule has 35 heavy (non-hydrogen) atoms. The van der Waals surface area contributed by atoms with E-state index in [1.807, 2.05) is 85.8 Å². The van der Waals surface area contributed by atoms with Crippen LogP contribution in [0.25, 0.3) is 12.2 Å². The number of hydrogen-bond acceptors (Lipinski definition) is 7. The molecule has 174 valence electrons. The van der Waals surface area contributed by atoms with E-state index in [9.17, 15) is 0 Å². The predicted octanol–water partition coefficient (Wildman–Crippen LogP) is 4.62. The highest BCUT2D eigenvalue weighted by Gasteiger charge is 2.20. The zero-order valence-electron chi connectivity index (χ0n) is 19.5. The summed E-state index contributed by atoms with van der Waals surface area (Å²) in [5.41, 5.74) is 3.88. The molecule has 3 heterocycles. The maximum atomic E-state index is 9.04. The van der Waals surface area contributed by atoms with Crippen LogP contribution in [0.3, 0.4) is 0 Å². The number of anilines is 4. The number of hydrogen-bond donors (Lipinski definition) is 2. The molecule has 4 aromatic rings. The second-order valence-electron chi connectivity index (χ2n) is 8.41. The Morgan fingerprint density at radius 3 is 2.31 bits per heavy atom. The van der Waals surface area contributed by atoms with E-state index in [1.165, 1.54) is 0 Å². The standard InChI is InChI=1S/C27H26N8/c1-20-17-26(33-32-20)30-25-18-27(31-24(29-25)12-9-21-5-3-2-4-6-21)35-15-13-34(14-16-35)23-10-7-22(19-28)8-11-23/h2-12,17-18H,13-16H2,1H3,(H2,29,30,31,32,33)/b12-9+. The van der Waals surface area contributed by atoms with Gasteiger partial charge in [-0.25, -0.2) is 9.97 Å². The van der Waals surface area contributed by atoms with Crippen molar-refractivity contribution in [2.75, 3.05) is 41.3 Å². The molecule has 0 amide bonds. The lowest BCUT2D eigenvalue weighted by molar-refractivity contribution is 0.646. The molecule has 1 aliphatic heterocycles. The third kappa shape index (κ3) is 5.47. The van der Waals surface area contributed by atoms with Gasteiger partial charge in [0.1, 0.15) is 11.6 Å². The number of benzene rings is 2. The van der Waals surface area contributed by atoms with Gasteiger partial charge in [-0.3, -0.25) is 5.10 Å². The van der Waals surface area contributed by atoms with E-state index < -0.39 is 0 Å². The number of aromatic amines is 1. The molecule has 0 saturated carbocycles. The summed E-state index contributed by atoms with van der Waals surface area (Å²) in [6.07, 6.45) is 3.96. The molecule has 0 atom stereocenters. The lowest BCUT2D eigenvalue weighted by atomic mass is 10.2. The van der Waals surface area contributed by atoms with E-state index in [2.05, 4.69) is 31.4 Å². The Hall–Kier alpha value is -4.64. The summed E-state index contributed by atoms with van der Waals surface area (Å²) in [6.45, 7) is 5.36. The Morgan fingerprint density at radius 1 is 0.886 bits per heavy atom. The van der Waals surface area contributed by atoms with Gasteiger partial charge < -0.3 is 15.1 Å². The summed E-state index contributed by atoms with van der Waals surface area (Å²) in [4.78, 5) is 14.2. The highest BCUT2D eigenvalue weighted by Crippen LogP contribution is 2.23. The molecule has 2 aromatic carbocycles. The van der Waals surface area contributed by atoms with Crippen molar-refractivity contribution in [1.29, 1.82) is 5.26 Å². The fourth-order valence-electron chi connectivity index (χ4n) is 4.04. The largest absolute Gasteiger partial charge is 0.368 e. The van der Waals surface area contributed by atoms with Crippen molar-refractivity contribution in [3.05, 3.63) is 89.4 Å². The first-order valence-corrected chi connectivity index (χ1v) is 11.6. The van der Waals surface area contributed by atoms with Crippen LogP contribution >= 0.6 is 0 Å². The van der Waals surface area contributed by atoms with Crippen LogP contribution in [0.2, 0.25) is 0 Å². The second-order valence-corrected chi connectivity index (χ2v) is 8.41. The molecule has 5 rings (SSSR count). The second kappa shape index (κ2) is 10.1. The molecule has 2 aromatic heterocycles.